The maximum atomic E-state index is 12.5. The summed E-state index contributed by atoms with van der Waals surface area (Å²) in [4.78, 5) is 35.8. The molecule has 0 radical (unpaired) electrons. The summed E-state index contributed by atoms with van der Waals surface area (Å²) in [5.74, 6) is -1.78. The minimum Gasteiger partial charge on any atom is -0.480 e. The second kappa shape index (κ2) is 11.1. The molecule has 2 amide bonds. The first-order valence-corrected chi connectivity index (χ1v) is 8.89. The fourth-order valence-electron chi connectivity index (χ4n) is 2.40. The molecule has 0 spiro atoms. The van der Waals surface area contributed by atoms with Gasteiger partial charge in [-0.05, 0) is 17.9 Å². The van der Waals surface area contributed by atoms with Crippen LogP contribution in [0.3, 0.4) is 0 Å². The van der Waals surface area contributed by atoms with Crippen LogP contribution in [0.4, 0.5) is 4.79 Å². The van der Waals surface area contributed by atoms with E-state index in [1.165, 1.54) is 0 Å². The Morgan fingerprint density at radius 3 is 2.31 bits per heavy atom. The Morgan fingerprint density at radius 1 is 1.12 bits per heavy atom. The summed E-state index contributed by atoms with van der Waals surface area (Å²) < 4.78 is 5.16. The number of carboxylic acid groups (broad SMARTS) is 1. The number of hydrogen-bond acceptors (Lipinski definition) is 4. The van der Waals surface area contributed by atoms with E-state index in [9.17, 15) is 19.5 Å². The van der Waals surface area contributed by atoms with Crippen molar-refractivity contribution in [1.29, 1.82) is 0 Å². The normalized spacial score (nSPS) is 14.0. The Hall–Kier alpha value is -2.57. The zero-order valence-corrected chi connectivity index (χ0v) is 15.5. The molecular formula is C19H28N2O5. The Balaban J connectivity index is 2.68. The standard InChI is InChI=1S/C19H28N2O5/c1-4-9-15(18(23)24)20-17(22)16(13(3)5-2)21-19(25)26-12-14-10-7-6-8-11-14/h6-8,10-11,13,15-16H,4-5,9,12H2,1-3H3,(H,20,22)(H,21,25)(H,23,24)/t13-,15+,16+/m0/s1. The van der Waals surface area contributed by atoms with Crippen LogP contribution in [-0.4, -0.2) is 35.2 Å². The van der Waals surface area contributed by atoms with E-state index in [4.69, 9.17) is 4.74 Å². The first-order chi connectivity index (χ1) is 12.4. The zero-order valence-electron chi connectivity index (χ0n) is 15.5. The van der Waals surface area contributed by atoms with E-state index in [2.05, 4.69) is 10.6 Å². The van der Waals surface area contributed by atoms with Gasteiger partial charge >= 0.3 is 12.1 Å². The van der Waals surface area contributed by atoms with Gasteiger partial charge in [-0.3, -0.25) is 4.79 Å². The van der Waals surface area contributed by atoms with E-state index in [1.54, 1.807) is 0 Å². The Morgan fingerprint density at radius 2 is 1.77 bits per heavy atom. The Labute approximate surface area is 154 Å². The molecular weight excluding hydrogens is 336 g/mol. The van der Waals surface area contributed by atoms with Crippen molar-refractivity contribution < 1.29 is 24.2 Å². The highest BCUT2D eigenvalue weighted by atomic mass is 16.5. The van der Waals surface area contributed by atoms with E-state index < -0.39 is 30.1 Å². The lowest BCUT2D eigenvalue weighted by molar-refractivity contribution is -0.142. The Bertz CT molecular complexity index is 591. The summed E-state index contributed by atoms with van der Waals surface area (Å²) in [6.07, 6.45) is 0.879. The van der Waals surface area contributed by atoms with Crippen molar-refractivity contribution in [1.82, 2.24) is 10.6 Å². The van der Waals surface area contributed by atoms with Gasteiger partial charge in [-0.2, -0.15) is 0 Å². The first-order valence-electron chi connectivity index (χ1n) is 8.89. The van der Waals surface area contributed by atoms with Crippen LogP contribution in [0.2, 0.25) is 0 Å². The molecule has 0 aliphatic rings. The van der Waals surface area contributed by atoms with Crippen molar-refractivity contribution >= 4 is 18.0 Å². The highest BCUT2D eigenvalue weighted by Crippen LogP contribution is 2.10. The van der Waals surface area contributed by atoms with Gasteiger partial charge in [0.1, 0.15) is 18.7 Å². The van der Waals surface area contributed by atoms with Crippen molar-refractivity contribution in [2.24, 2.45) is 5.92 Å². The lowest BCUT2D eigenvalue weighted by Crippen LogP contribution is -2.54. The molecule has 0 aliphatic carbocycles. The molecule has 0 unspecified atom stereocenters. The molecule has 7 heteroatoms. The van der Waals surface area contributed by atoms with E-state index in [0.29, 0.717) is 19.3 Å². The minimum absolute atomic E-state index is 0.0924. The highest BCUT2D eigenvalue weighted by molar-refractivity contribution is 5.89. The Kier molecular flexibility index (Phi) is 9.19. The van der Waals surface area contributed by atoms with Crippen molar-refractivity contribution in [2.45, 2.75) is 58.7 Å². The smallest absolute Gasteiger partial charge is 0.408 e. The summed E-state index contributed by atoms with van der Waals surface area (Å²) in [6, 6.07) is 7.37. The molecule has 0 aromatic heterocycles. The van der Waals surface area contributed by atoms with Crippen LogP contribution in [0.25, 0.3) is 0 Å². The van der Waals surface area contributed by atoms with Crippen LogP contribution < -0.4 is 10.6 Å². The summed E-state index contributed by atoms with van der Waals surface area (Å²) >= 11 is 0. The van der Waals surface area contributed by atoms with E-state index in [-0.39, 0.29) is 12.5 Å². The number of carbonyl (C=O) groups is 3. The first kappa shape index (κ1) is 21.5. The molecule has 144 valence electrons. The van der Waals surface area contributed by atoms with Gasteiger partial charge in [-0.25, -0.2) is 9.59 Å². The maximum Gasteiger partial charge on any atom is 0.408 e. The number of rotatable bonds is 10. The molecule has 1 aromatic rings. The van der Waals surface area contributed by atoms with Gasteiger partial charge in [0.05, 0.1) is 0 Å². The fraction of sp³-hybridized carbons (Fsp3) is 0.526. The van der Waals surface area contributed by atoms with Crippen molar-refractivity contribution in [2.75, 3.05) is 0 Å². The van der Waals surface area contributed by atoms with Crippen LogP contribution in [0.5, 0.6) is 0 Å². The van der Waals surface area contributed by atoms with Crippen molar-refractivity contribution in [3.05, 3.63) is 35.9 Å². The van der Waals surface area contributed by atoms with Crippen LogP contribution in [0, 0.1) is 5.92 Å². The second-order valence-electron chi connectivity index (χ2n) is 6.26. The van der Waals surface area contributed by atoms with Crippen LogP contribution >= 0.6 is 0 Å². The van der Waals surface area contributed by atoms with Gasteiger partial charge < -0.3 is 20.5 Å². The molecule has 26 heavy (non-hydrogen) atoms. The topological polar surface area (TPSA) is 105 Å². The number of hydrogen-bond donors (Lipinski definition) is 3. The number of nitrogens with one attached hydrogen (secondary N) is 2. The van der Waals surface area contributed by atoms with Gasteiger partial charge in [0.25, 0.3) is 0 Å². The number of ether oxygens (including phenoxy) is 1. The van der Waals surface area contributed by atoms with Crippen molar-refractivity contribution in [3.8, 4) is 0 Å². The van der Waals surface area contributed by atoms with Gasteiger partial charge in [0.15, 0.2) is 0 Å². The van der Waals surface area contributed by atoms with Gasteiger partial charge in [0, 0.05) is 0 Å². The largest absolute Gasteiger partial charge is 0.480 e. The molecule has 0 aliphatic heterocycles. The number of carboxylic acids is 1. The van der Waals surface area contributed by atoms with Crippen LogP contribution in [0.15, 0.2) is 30.3 Å². The molecule has 0 bridgehead atoms. The third-order valence-electron chi connectivity index (χ3n) is 4.17. The lowest BCUT2D eigenvalue weighted by atomic mass is 9.98. The van der Waals surface area contributed by atoms with Gasteiger partial charge in [-0.1, -0.05) is 63.9 Å². The average molecular weight is 364 g/mol. The zero-order chi connectivity index (χ0) is 19.5. The quantitative estimate of drug-likeness (QED) is 0.592. The van der Waals surface area contributed by atoms with Crippen LogP contribution in [-0.2, 0) is 20.9 Å². The fourth-order valence-corrected chi connectivity index (χ4v) is 2.40. The van der Waals surface area contributed by atoms with E-state index in [0.717, 1.165) is 5.56 Å². The number of carbonyl (C=O) groups excluding carboxylic acids is 2. The molecule has 0 saturated carbocycles. The number of benzene rings is 1. The molecule has 3 N–H and O–H groups in total. The van der Waals surface area contributed by atoms with Gasteiger partial charge in [0.2, 0.25) is 5.91 Å². The predicted molar refractivity (Wildman–Crippen MR) is 97.5 cm³/mol. The van der Waals surface area contributed by atoms with E-state index >= 15 is 0 Å². The number of aliphatic carboxylic acids is 1. The third kappa shape index (κ3) is 7.13. The second-order valence-corrected chi connectivity index (χ2v) is 6.26. The third-order valence-corrected chi connectivity index (χ3v) is 4.17. The van der Waals surface area contributed by atoms with E-state index in [1.807, 2.05) is 51.1 Å². The summed E-state index contributed by atoms with van der Waals surface area (Å²) in [7, 11) is 0. The molecule has 7 nitrogen and oxygen atoms in total. The highest BCUT2D eigenvalue weighted by Gasteiger charge is 2.29. The maximum absolute atomic E-state index is 12.5. The summed E-state index contributed by atoms with van der Waals surface area (Å²) in [5, 5.41) is 14.3. The molecule has 0 fully saturated rings. The summed E-state index contributed by atoms with van der Waals surface area (Å²) in [6.45, 7) is 5.64. The molecule has 1 aromatic carbocycles. The van der Waals surface area contributed by atoms with Crippen molar-refractivity contribution in [3.63, 3.8) is 0 Å². The SMILES string of the molecule is CCC[C@@H](NC(=O)[C@H](NC(=O)OCc1ccccc1)[C@@H](C)CC)C(=O)O. The molecule has 3 atom stereocenters. The van der Waals surface area contributed by atoms with Crippen LogP contribution in [0.1, 0.15) is 45.6 Å². The predicted octanol–water partition coefficient (Wildman–Crippen LogP) is 2.70. The summed E-state index contributed by atoms with van der Waals surface area (Å²) in [5.41, 5.74) is 0.834. The monoisotopic (exact) mass is 364 g/mol. The van der Waals surface area contributed by atoms with Gasteiger partial charge in [-0.15, -0.1) is 0 Å². The molecule has 0 heterocycles. The number of alkyl carbamates (subject to hydrolysis) is 1. The number of amides is 2. The molecule has 1 rings (SSSR count). The average Bonchev–Trinajstić information content (AvgIpc) is 2.64. The molecule has 0 saturated heterocycles. The minimum atomic E-state index is -1.09. The lowest BCUT2D eigenvalue weighted by Gasteiger charge is -2.25.